The number of hydrogen-bond donors (Lipinski definition) is 1. The first kappa shape index (κ1) is 20.5. The highest BCUT2D eigenvalue weighted by atomic mass is 16.5. The number of likely N-dealkylation sites (tertiary alicyclic amines) is 1. The highest BCUT2D eigenvalue weighted by Crippen LogP contribution is 2.65. The lowest BCUT2D eigenvalue weighted by Crippen LogP contribution is -2.81. The molecule has 4 nitrogen and oxygen atoms in total. The molecule has 3 heterocycles. The maximum Gasteiger partial charge on any atom is 0.119 e. The molecule has 2 saturated carbocycles. The highest BCUT2D eigenvalue weighted by Gasteiger charge is 2.71. The summed E-state index contributed by atoms with van der Waals surface area (Å²) in [5.41, 5.74) is 4.50. The van der Waals surface area contributed by atoms with Crippen molar-refractivity contribution in [2.75, 3.05) is 26.8 Å². The second-order valence-corrected chi connectivity index (χ2v) is 11.5. The number of fused-ring (bicyclic) bond motifs is 3. The predicted molar refractivity (Wildman–Crippen MR) is 130 cm³/mol. The molecule has 0 aromatic heterocycles. The maximum atomic E-state index is 7.14. The Balaban J connectivity index is 1.28. The van der Waals surface area contributed by atoms with Crippen LogP contribution in [0.25, 0.3) is 0 Å². The van der Waals surface area contributed by atoms with Gasteiger partial charge in [-0.05, 0) is 86.2 Å². The molecule has 8 rings (SSSR count). The van der Waals surface area contributed by atoms with Crippen molar-refractivity contribution in [1.82, 2.24) is 10.2 Å². The molecule has 2 aromatic rings. The zero-order valence-electron chi connectivity index (χ0n) is 19.8. The SMILES string of the molecule is COc1ccc2c(c1)[C@]13CCN(CC4CC4)[C@H](C2)[C@]12CC[C@@](NCc1ccccc1)(CO2)C3. The summed E-state index contributed by atoms with van der Waals surface area (Å²) in [6.45, 7) is 4.23. The van der Waals surface area contributed by atoms with Crippen molar-refractivity contribution in [2.45, 2.75) is 74.1 Å². The predicted octanol–water partition coefficient (Wildman–Crippen LogP) is 4.45. The summed E-state index contributed by atoms with van der Waals surface area (Å²) in [5.74, 6) is 1.91. The van der Waals surface area contributed by atoms with E-state index >= 15 is 0 Å². The number of rotatable bonds is 6. The van der Waals surface area contributed by atoms with Crippen LogP contribution >= 0.6 is 0 Å². The maximum absolute atomic E-state index is 7.14. The van der Waals surface area contributed by atoms with Crippen LogP contribution < -0.4 is 10.1 Å². The van der Waals surface area contributed by atoms with Gasteiger partial charge in [0.1, 0.15) is 5.75 Å². The topological polar surface area (TPSA) is 33.7 Å². The van der Waals surface area contributed by atoms with Crippen LogP contribution in [0.2, 0.25) is 0 Å². The van der Waals surface area contributed by atoms with E-state index in [0.717, 1.165) is 37.7 Å². The van der Waals surface area contributed by atoms with Crippen LogP contribution in [-0.4, -0.2) is 48.9 Å². The summed E-state index contributed by atoms with van der Waals surface area (Å²) in [7, 11) is 1.80. The van der Waals surface area contributed by atoms with Crippen molar-refractivity contribution in [1.29, 1.82) is 0 Å². The second-order valence-electron chi connectivity index (χ2n) is 11.5. The Hall–Kier alpha value is -1.88. The fraction of sp³-hybridized carbons (Fsp3) is 0.586. The zero-order valence-corrected chi connectivity index (χ0v) is 19.8. The Labute approximate surface area is 197 Å². The van der Waals surface area contributed by atoms with Crippen molar-refractivity contribution >= 4 is 0 Å². The first-order chi connectivity index (χ1) is 16.2. The molecular weight excluding hydrogens is 408 g/mol. The van der Waals surface area contributed by atoms with Gasteiger partial charge in [-0.25, -0.2) is 0 Å². The molecule has 0 amide bonds. The van der Waals surface area contributed by atoms with Gasteiger partial charge in [0, 0.05) is 30.1 Å². The molecule has 6 aliphatic rings. The Morgan fingerprint density at radius 2 is 1.97 bits per heavy atom. The average molecular weight is 445 g/mol. The van der Waals surface area contributed by atoms with Gasteiger partial charge in [-0.2, -0.15) is 0 Å². The van der Waals surface area contributed by atoms with Crippen LogP contribution in [0.1, 0.15) is 55.2 Å². The van der Waals surface area contributed by atoms with Crippen molar-refractivity contribution in [2.24, 2.45) is 5.92 Å². The summed E-state index contributed by atoms with van der Waals surface area (Å²) in [6, 6.07) is 18.2. The van der Waals surface area contributed by atoms with Crippen molar-refractivity contribution in [3.05, 3.63) is 65.2 Å². The van der Waals surface area contributed by atoms with E-state index in [-0.39, 0.29) is 16.6 Å². The number of benzene rings is 2. The highest BCUT2D eigenvalue weighted by molar-refractivity contribution is 5.50. The van der Waals surface area contributed by atoms with E-state index in [1.807, 2.05) is 0 Å². The van der Waals surface area contributed by atoms with Gasteiger partial charge in [0.2, 0.25) is 0 Å². The Bertz CT molecular complexity index is 1040. The van der Waals surface area contributed by atoms with E-state index in [9.17, 15) is 0 Å². The lowest BCUT2D eigenvalue weighted by atomic mass is 9.45. The quantitative estimate of drug-likeness (QED) is 0.714. The summed E-state index contributed by atoms with van der Waals surface area (Å²) >= 11 is 0. The molecule has 1 spiro atoms. The standard InChI is InChI=1S/C29H36N2O2/c1-32-24-10-9-23-15-26-29-12-11-27(20-33-29,30-17-21-5-3-2-4-6-21)19-28(29,25(23)16-24)13-14-31(26)18-22-7-8-22/h2-6,9-10,16,22,26,30H,7-8,11-15,17-20H2,1H3/t26-,27+,28-,29-/m1/s1. The third kappa shape index (κ3) is 3.00. The minimum Gasteiger partial charge on any atom is -0.497 e. The summed E-state index contributed by atoms with van der Waals surface area (Å²) in [5, 5.41) is 4.01. The average Bonchev–Trinajstić information content (AvgIpc) is 3.69. The summed E-state index contributed by atoms with van der Waals surface area (Å²) in [6.07, 6.45) is 8.72. The van der Waals surface area contributed by atoms with Gasteiger partial charge in [0.05, 0.1) is 19.3 Å². The molecule has 4 atom stereocenters. The van der Waals surface area contributed by atoms with Gasteiger partial charge < -0.3 is 14.8 Å². The number of nitrogens with one attached hydrogen (secondary N) is 1. The fourth-order valence-corrected chi connectivity index (χ4v) is 7.95. The smallest absolute Gasteiger partial charge is 0.119 e. The van der Waals surface area contributed by atoms with Gasteiger partial charge in [0.15, 0.2) is 0 Å². The first-order valence-corrected chi connectivity index (χ1v) is 13.0. The van der Waals surface area contributed by atoms with Crippen LogP contribution in [0.15, 0.2) is 48.5 Å². The third-order valence-electron chi connectivity index (χ3n) is 9.78. The largest absolute Gasteiger partial charge is 0.497 e. The molecule has 4 bridgehead atoms. The van der Waals surface area contributed by atoms with Crippen LogP contribution in [-0.2, 0) is 23.1 Å². The van der Waals surface area contributed by atoms with Crippen LogP contribution in [0, 0.1) is 5.92 Å². The Kier molecular flexibility index (Phi) is 4.54. The molecule has 174 valence electrons. The van der Waals surface area contributed by atoms with Gasteiger partial charge >= 0.3 is 0 Å². The number of ether oxygens (including phenoxy) is 2. The van der Waals surface area contributed by atoms with Crippen molar-refractivity contribution in [3.8, 4) is 5.75 Å². The lowest BCUT2D eigenvalue weighted by Gasteiger charge is -2.72. The molecule has 2 aromatic carbocycles. The molecule has 5 fully saturated rings. The third-order valence-corrected chi connectivity index (χ3v) is 9.78. The molecule has 1 N–H and O–H groups in total. The molecular formula is C29H36N2O2. The summed E-state index contributed by atoms with van der Waals surface area (Å²) in [4.78, 5) is 2.83. The molecule has 33 heavy (non-hydrogen) atoms. The number of piperidine rings is 1. The zero-order chi connectivity index (χ0) is 22.1. The number of nitrogens with zero attached hydrogens (tertiary/aromatic N) is 1. The molecule has 4 heteroatoms. The van der Waals surface area contributed by atoms with Gasteiger partial charge in [-0.15, -0.1) is 0 Å². The Morgan fingerprint density at radius 1 is 1.09 bits per heavy atom. The van der Waals surface area contributed by atoms with E-state index in [0.29, 0.717) is 6.04 Å². The number of methoxy groups -OCH3 is 1. The molecule has 3 aliphatic heterocycles. The second kappa shape index (κ2) is 7.31. The monoisotopic (exact) mass is 444 g/mol. The molecule has 0 radical (unpaired) electrons. The molecule has 0 unspecified atom stereocenters. The van der Waals surface area contributed by atoms with E-state index in [2.05, 4.69) is 58.7 Å². The number of hydrogen-bond acceptors (Lipinski definition) is 4. The van der Waals surface area contributed by atoms with E-state index in [1.165, 1.54) is 61.9 Å². The minimum absolute atomic E-state index is 0.0460. The van der Waals surface area contributed by atoms with E-state index in [1.54, 1.807) is 7.11 Å². The van der Waals surface area contributed by atoms with Gasteiger partial charge in [0.25, 0.3) is 0 Å². The van der Waals surface area contributed by atoms with Gasteiger partial charge in [-0.3, -0.25) is 4.90 Å². The van der Waals surface area contributed by atoms with Crippen molar-refractivity contribution < 1.29 is 9.47 Å². The Morgan fingerprint density at radius 3 is 2.73 bits per heavy atom. The van der Waals surface area contributed by atoms with Crippen LogP contribution in [0.5, 0.6) is 5.75 Å². The lowest BCUT2D eigenvalue weighted by molar-refractivity contribution is -0.263. The first-order valence-electron chi connectivity index (χ1n) is 13.0. The van der Waals surface area contributed by atoms with Crippen molar-refractivity contribution in [3.63, 3.8) is 0 Å². The van der Waals surface area contributed by atoms with Crippen LogP contribution in [0.4, 0.5) is 0 Å². The minimum atomic E-state index is -0.0460. The summed E-state index contributed by atoms with van der Waals surface area (Å²) < 4.78 is 12.9. The van der Waals surface area contributed by atoms with E-state index < -0.39 is 0 Å². The van der Waals surface area contributed by atoms with Gasteiger partial charge in [-0.1, -0.05) is 36.4 Å². The van der Waals surface area contributed by atoms with Crippen LogP contribution in [0.3, 0.4) is 0 Å². The fourth-order valence-electron chi connectivity index (χ4n) is 7.95. The normalized spacial score (nSPS) is 36.8. The van der Waals surface area contributed by atoms with E-state index in [4.69, 9.17) is 9.47 Å². The molecule has 3 saturated heterocycles. The molecule has 3 aliphatic carbocycles.